The summed E-state index contributed by atoms with van der Waals surface area (Å²) in [5.41, 5.74) is 0.400. The van der Waals surface area contributed by atoms with Crippen LogP contribution in [0.3, 0.4) is 0 Å². The fourth-order valence-electron chi connectivity index (χ4n) is 2.79. The zero-order valence-corrected chi connectivity index (χ0v) is 13.7. The quantitative estimate of drug-likeness (QED) is 0.622. The van der Waals surface area contributed by atoms with Crippen LogP contribution in [0.4, 0.5) is 4.39 Å². The van der Waals surface area contributed by atoms with Gasteiger partial charge in [0.25, 0.3) is 0 Å². The van der Waals surface area contributed by atoms with Gasteiger partial charge in [-0.3, -0.25) is 0 Å². The molecule has 1 aromatic rings. The molecule has 22 heavy (non-hydrogen) atoms. The molecule has 3 rings (SSSR count). The van der Waals surface area contributed by atoms with Crippen LogP contribution in [0.2, 0.25) is 0 Å². The Bertz CT molecular complexity index is 542. The number of aromatic nitrogens is 1. The lowest BCUT2D eigenvalue weighted by Gasteiger charge is -2.32. The SMILES string of the molecule is CC1(C)OB(c2cc(F)nc(C3CCCCO3)c2)OC1(C)C. The van der Waals surface area contributed by atoms with Gasteiger partial charge < -0.3 is 14.0 Å². The molecule has 4 nitrogen and oxygen atoms in total. The van der Waals surface area contributed by atoms with Crippen LogP contribution in [0.5, 0.6) is 0 Å². The topological polar surface area (TPSA) is 40.6 Å². The lowest BCUT2D eigenvalue weighted by atomic mass is 9.79. The summed E-state index contributed by atoms with van der Waals surface area (Å²) in [7, 11) is -0.579. The Hall–Kier alpha value is -0.975. The van der Waals surface area contributed by atoms with Crippen molar-refractivity contribution >= 4 is 12.6 Å². The minimum Gasteiger partial charge on any atom is -0.399 e. The summed E-state index contributed by atoms with van der Waals surface area (Å²) in [5, 5.41) is 0. The van der Waals surface area contributed by atoms with Crippen molar-refractivity contribution in [2.75, 3.05) is 6.61 Å². The predicted octanol–water partition coefficient (Wildman–Crippen LogP) is 2.76. The van der Waals surface area contributed by atoms with Crippen LogP contribution in [-0.2, 0) is 14.0 Å². The Morgan fingerprint density at radius 2 is 1.82 bits per heavy atom. The van der Waals surface area contributed by atoms with Crippen molar-refractivity contribution in [1.29, 1.82) is 0 Å². The molecule has 120 valence electrons. The van der Waals surface area contributed by atoms with Crippen LogP contribution in [0.25, 0.3) is 0 Å². The summed E-state index contributed by atoms with van der Waals surface area (Å²) in [6.07, 6.45) is 2.87. The molecular formula is C16H23BFNO3. The standard InChI is InChI=1S/C16H23BFNO3/c1-15(2)16(3,4)22-17(21-15)11-9-12(19-14(18)10-11)13-7-5-6-8-20-13/h9-10,13H,5-8H2,1-4H3. The number of ether oxygens (including phenoxy) is 1. The van der Waals surface area contributed by atoms with E-state index in [2.05, 4.69) is 4.98 Å². The maximum atomic E-state index is 13.9. The molecule has 0 amide bonds. The van der Waals surface area contributed by atoms with Crippen LogP contribution in [0.15, 0.2) is 12.1 Å². The van der Waals surface area contributed by atoms with E-state index >= 15 is 0 Å². The third-order valence-corrected chi connectivity index (χ3v) is 4.87. The number of pyridine rings is 1. The zero-order valence-electron chi connectivity index (χ0n) is 13.7. The zero-order chi connectivity index (χ0) is 16.0. The van der Waals surface area contributed by atoms with E-state index in [-0.39, 0.29) is 6.10 Å². The molecule has 6 heteroatoms. The molecule has 0 radical (unpaired) electrons. The molecular weight excluding hydrogens is 284 g/mol. The van der Waals surface area contributed by atoms with Gasteiger partial charge in [-0.15, -0.1) is 0 Å². The predicted molar refractivity (Wildman–Crippen MR) is 82.5 cm³/mol. The number of hydrogen-bond acceptors (Lipinski definition) is 4. The van der Waals surface area contributed by atoms with Gasteiger partial charge in [-0.2, -0.15) is 4.39 Å². The lowest BCUT2D eigenvalue weighted by Crippen LogP contribution is -2.41. The van der Waals surface area contributed by atoms with Gasteiger partial charge in [0.2, 0.25) is 5.95 Å². The van der Waals surface area contributed by atoms with Crippen molar-refractivity contribution in [1.82, 2.24) is 4.98 Å². The largest absolute Gasteiger partial charge is 0.495 e. The lowest BCUT2D eigenvalue weighted by molar-refractivity contribution is 0.00578. The highest BCUT2D eigenvalue weighted by Crippen LogP contribution is 2.36. The van der Waals surface area contributed by atoms with E-state index in [0.717, 1.165) is 19.3 Å². The smallest absolute Gasteiger partial charge is 0.399 e. The summed E-state index contributed by atoms with van der Waals surface area (Å²) in [4.78, 5) is 4.00. The van der Waals surface area contributed by atoms with Gasteiger partial charge in [-0.1, -0.05) is 0 Å². The maximum Gasteiger partial charge on any atom is 0.495 e. The number of rotatable bonds is 2. The van der Waals surface area contributed by atoms with Crippen LogP contribution in [0.1, 0.15) is 58.8 Å². The van der Waals surface area contributed by atoms with Gasteiger partial charge in [-0.05, 0) is 64.6 Å². The van der Waals surface area contributed by atoms with Crippen LogP contribution < -0.4 is 5.46 Å². The molecule has 0 spiro atoms. The van der Waals surface area contributed by atoms with E-state index in [9.17, 15) is 4.39 Å². The van der Waals surface area contributed by atoms with Gasteiger partial charge >= 0.3 is 7.12 Å². The molecule has 2 saturated heterocycles. The summed E-state index contributed by atoms with van der Waals surface area (Å²) >= 11 is 0. The Kier molecular flexibility index (Phi) is 4.04. The van der Waals surface area contributed by atoms with Crippen molar-refractivity contribution < 1.29 is 18.4 Å². The minimum atomic E-state index is -0.579. The Balaban J connectivity index is 1.87. The molecule has 2 aliphatic heterocycles. The summed E-state index contributed by atoms with van der Waals surface area (Å²) in [6, 6.07) is 3.23. The van der Waals surface area contributed by atoms with Gasteiger partial charge in [-0.25, -0.2) is 4.98 Å². The normalized spacial score (nSPS) is 27.1. The van der Waals surface area contributed by atoms with E-state index in [1.165, 1.54) is 6.07 Å². The average Bonchev–Trinajstić information content (AvgIpc) is 2.68. The van der Waals surface area contributed by atoms with Crippen molar-refractivity contribution in [2.45, 2.75) is 64.3 Å². The first-order valence-electron chi connectivity index (χ1n) is 7.93. The number of hydrogen-bond donors (Lipinski definition) is 0. The molecule has 0 bridgehead atoms. The molecule has 1 unspecified atom stereocenters. The summed E-state index contributed by atoms with van der Waals surface area (Å²) in [6.45, 7) is 8.63. The van der Waals surface area contributed by atoms with Crippen molar-refractivity contribution in [3.05, 3.63) is 23.8 Å². The first-order chi connectivity index (χ1) is 10.3. The second-order valence-electron chi connectivity index (χ2n) is 7.09. The van der Waals surface area contributed by atoms with Crippen LogP contribution in [-0.4, -0.2) is 29.9 Å². The van der Waals surface area contributed by atoms with Crippen molar-refractivity contribution in [2.24, 2.45) is 0 Å². The summed E-state index contributed by atoms with van der Waals surface area (Å²) < 4.78 is 31.6. The molecule has 3 heterocycles. The van der Waals surface area contributed by atoms with Crippen LogP contribution >= 0.6 is 0 Å². The molecule has 2 fully saturated rings. The average molecular weight is 307 g/mol. The van der Waals surface area contributed by atoms with E-state index in [1.54, 1.807) is 0 Å². The second kappa shape index (κ2) is 5.58. The highest BCUT2D eigenvalue weighted by molar-refractivity contribution is 6.62. The van der Waals surface area contributed by atoms with Crippen molar-refractivity contribution in [3.8, 4) is 0 Å². The molecule has 2 aliphatic rings. The fourth-order valence-corrected chi connectivity index (χ4v) is 2.79. The molecule has 0 N–H and O–H groups in total. The maximum absolute atomic E-state index is 13.9. The first kappa shape index (κ1) is 15.9. The number of nitrogens with zero attached hydrogens (tertiary/aromatic N) is 1. The number of halogens is 1. The van der Waals surface area contributed by atoms with E-state index in [0.29, 0.717) is 17.8 Å². The fraction of sp³-hybridized carbons (Fsp3) is 0.688. The van der Waals surface area contributed by atoms with E-state index in [4.69, 9.17) is 14.0 Å². The van der Waals surface area contributed by atoms with E-state index in [1.807, 2.05) is 33.8 Å². The molecule has 0 saturated carbocycles. The third-order valence-electron chi connectivity index (χ3n) is 4.87. The second-order valence-corrected chi connectivity index (χ2v) is 7.09. The Morgan fingerprint density at radius 3 is 2.41 bits per heavy atom. The highest BCUT2D eigenvalue weighted by atomic mass is 19.1. The Morgan fingerprint density at radius 1 is 1.14 bits per heavy atom. The summed E-state index contributed by atoms with van der Waals surface area (Å²) in [5.74, 6) is -0.517. The van der Waals surface area contributed by atoms with E-state index < -0.39 is 24.3 Å². The minimum absolute atomic E-state index is 0.134. The van der Waals surface area contributed by atoms with Crippen LogP contribution in [0, 0.1) is 5.95 Å². The van der Waals surface area contributed by atoms with Crippen molar-refractivity contribution in [3.63, 3.8) is 0 Å². The monoisotopic (exact) mass is 307 g/mol. The molecule has 0 aliphatic carbocycles. The van der Waals surface area contributed by atoms with Gasteiger partial charge in [0.1, 0.15) is 0 Å². The Labute approximate surface area is 131 Å². The molecule has 1 aromatic heterocycles. The first-order valence-corrected chi connectivity index (χ1v) is 7.93. The van der Waals surface area contributed by atoms with Gasteiger partial charge in [0.05, 0.1) is 23.0 Å². The third kappa shape index (κ3) is 2.92. The molecule has 1 atom stereocenters. The van der Waals surface area contributed by atoms with Gasteiger partial charge in [0, 0.05) is 6.61 Å². The van der Waals surface area contributed by atoms with Gasteiger partial charge in [0.15, 0.2) is 0 Å². The highest BCUT2D eigenvalue weighted by Gasteiger charge is 2.52. The molecule has 0 aromatic carbocycles.